The number of hydrogen-bond acceptors (Lipinski definition) is 0. The van der Waals surface area contributed by atoms with E-state index >= 15 is 0 Å². The topological polar surface area (TPSA) is 0 Å². The highest BCUT2D eigenvalue weighted by molar-refractivity contribution is 6.08. The minimum atomic E-state index is 1.28. The van der Waals surface area contributed by atoms with Gasteiger partial charge < -0.3 is 0 Å². The Bertz CT molecular complexity index is 1810. The Kier molecular flexibility index (Phi) is 7.63. The quantitative estimate of drug-likeness (QED) is 0.216. The summed E-state index contributed by atoms with van der Waals surface area (Å²) in [6, 6.07) is 27.3. The van der Waals surface area contributed by atoms with E-state index in [9.17, 15) is 0 Å². The average Bonchev–Trinajstić information content (AvgIpc) is 2.94. The van der Waals surface area contributed by atoms with Crippen LogP contribution in [0.4, 0.5) is 0 Å². The summed E-state index contributed by atoms with van der Waals surface area (Å²) in [4.78, 5) is 0. The molecule has 5 rings (SSSR count). The first kappa shape index (κ1) is 27.4. The van der Waals surface area contributed by atoms with Gasteiger partial charge in [0.2, 0.25) is 0 Å². The molecule has 0 aromatic heterocycles. The Morgan fingerprint density at radius 3 is 1.50 bits per heavy atom. The largest absolute Gasteiger partial charge is 0.0871 e. The lowest BCUT2D eigenvalue weighted by Gasteiger charge is -2.22. The Balaban J connectivity index is 1.70. The summed E-state index contributed by atoms with van der Waals surface area (Å²) in [6.45, 7) is 17.7. The minimum Gasteiger partial charge on any atom is -0.0871 e. The van der Waals surface area contributed by atoms with Crippen molar-refractivity contribution in [1.29, 1.82) is 0 Å². The molecule has 0 nitrogen and oxygen atoms in total. The zero-order valence-electron chi connectivity index (χ0n) is 25.2. The van der Waals surface area contributed by atoms with Crippen LogP contribution in [0, 0.1) is 41.5 Å². The number of hydrogen-bond donors (Lipinski definition) is 0. The van der Waals surface area contributed by atoms with E-state index in [1.807, 2.05) is 0 Å². The Morgan fingerprint density at radius 1 is 0.450 bits per heavy atom. The predicted octanol–water partition coefficient (Wildman–Crippen LogP) is 11.8. The van der Waals surface area contributed by atoms with Gasteiger partial charge in [-0.1, -0.05) is 97.1 Å². The molecule has 0 spiro atoms. The van der Waals surface area contributed by atoms with Gasteiger partial charge in [0.1, 0.15) is 0 Å². The van der Waals surface area contributed by atoms with Crippen LogP contribution >= 0.6 is 0 Å². The molecule has 0 fully saturated rings. The summed E-state index contributed by atoms with van der Waals surface area (Å²) in [7, 11) is 0. The molecule has 0 aliphatic rings. The second-order valence-corrected chi connectivity index (χ2v) is 11.1. The molecule has 0 saturated heterocycles. The second kappa shape index (κ2) is 11.1. The fourth-order valence-corrected chi connectivity index (χ4v) is 6.23. The molecule has 0 saturated carbocycles. The number of benzene rings is 5. The Morgan fingerprint density at radius 2 is 0.925 bits per heavy atom. The lowest BCUT2D eigenvalue weighted by Crippen LogP contribution is -1.99. The molecule has 0 radical (unpaired) electrons. The van der Waals surface area contributed by atoms with Crippen LogP contribution < -0.4 is 0 Å². The van der Waals surface area contributed by atoms with Crippen LogP contribution in [0.5, 0.6) is 0 Å². The predicted molar refractivity (Wildman–Crippen MR) is 178 cm³/mol. The zero-order valence-corrected chi connectivity index (χ0v) is 25.2. The Labute approximate surface area is 240 Å². The number of fused-ring (bicyclic) bond motifs is 1. The molecule has 5 aromatic carbocycles. The van der Waals surface area contributed by atoms with Crippen molar-refractivity contribution in [2.75, 3.05) is 0 Å². The summed E-state index contributed by atoms with van der Waals surface area (Å²) >= 11 is 0. The number of aryl methyl sites for hydroxylation is 2. The molecule has 0 bridgehead atoms. The van der Waals surface area contributed by atoms with Gasteiger partial charge in [0.05, 0.1) is 0 Å². The van der Waals surface area contributed by atoms with Gasteiger partial charge in [-0.2, -0.15) is 0 Å². The normalized spacial score (nSPS) is 11.8. The van der Waals surface area contributed by atoms with Gasteiger partial charge in [-0.3, -0.25) is 0 Å². The number of rotatable bonds is 5. The monoisotopic (exact) mass is 520 g/mol. The average molecular weight is 521 g/mol. The third-order valence-electron chi connectivity index (χ3n) is 8.67. The molecule has 0 unspecified atom stereocenters. The first-order valence-corrected chi connectivity index (χ1v) is 14.4. The van der Waals surface area contributed by atoms with Crippen molar-refractivity contribution in [2.45, 2.75) is 55.4 Å². The van der Waals surface area contributed by atoms with Crippen molar-refractivity contribution in [2.24, 2.45) is 0 Å². The standard InChI is InChI=1S/C40H40/c1-9-13-31-17-19-33(23-25(31)3)35-21-22-36(28(6)27(35)5)40-30(8)29(7)39(37-15-11-12-16-38(37)40)34-20-18-32(14-10-2)26(4)24-34/h9-24H,1-8H3/b13-9-,14-10-. The van der Waals surface area contributed by atoms with Crippen molar-refractivity contribution in [3.8, 4) is 33.4 Å². The van der Waals surface area contributed by atoms with Gasteiger partial charge in [-0.15, -0.1) is 0 Å². The lowest BCUT2D eigenvalue weighted by molar-refractivity contribution is 1.31. The molecule has 0 heteroatoms. The van der Waals surface area contributed by atoms with Crippen LogP contribution in [0.3, 0.4) is 0 Å². The third-order valence-corrected chi connectivity index (χ3v) is 8.67. The molecule has 0 heterocycles. The zero-order chi connectivity index (χ0) is 28.6. The highest BCUT2D eigenvalue weighted by Gasteiger charge is 2.19. The first-order chi connectivity index (χ1) is 19.3. The molecule has 40 heavy (non-hydrogen) atoms. The van der Waals surface area contributed by atoms with Gasteiger partial charge >= 0.3 is 0 Å². The summed E-state index contributed by atoms with van der Waals surface area (Å²) < 4.78 is 0. The maximum absolute atomic E-state index is 2.34. The van der Waals surface area contributed by atoms with Crippen molar-refractivity contribution in [3.05, 3.63) is 129 Å². The molecule has 0 amide bonds. The molecule has 0 atom stereocenters. The van der Waals surface area contributed by atoms with E-state index in [4.69, 9.17) is 0 Å². The molecule has 0 aliphatic carbocycles. The van der Waals surface area contributed by atoms with E-state index in [2.05, 4.69) is 152 Å². The smallest absolute Gasteiger partial charge is 0.00703 e. The minimum absolute atomic E-state index is 1.28. The van der Waals surface area contributed by atoms with Crippen molar-refractivity contribution >= 4 is 22.9 Å². The lowest BCUT2D eigenvalue weighted by atomic mass is 9.81. The van der Waals surface area contributed by atoms with Crippen LogP contribution in [0.15, 0.2) is 84.9 Å². The molecule has 0 N–H and O–H groups in total. The fraction of sp³-hybridized carbons (Fsp3) is 0.200. The third kappa shape index (κ3) is 4.73. The van der Waals surface area contributed by atoms with E-state index in [-0.39, 0.29) is 0 Å². The molecular formula is C40H40. The van der Waals surface area contributed by atoms with E-state index in [1.165, 1.54) is 88.7 Å². The molecule has 200 valence electrons. The van der Waals surface area contributed by atoms with Crippen LogP contribution in [-0.2, 0) is 0 Å². The molecule has 0 aliphatic heterocycles. The Hall–Kier alpha value is -4.16. The maximum Gasteiger partial charge on any atom is -0.00703 e. The van der Waals surface area contributed by atoms with Crippen LogP contribution in [0.1, 0.15) is 58.4 Å². The van der Waals surface area contributed by atoms with E-state index in [0.29, 0.717) is 0 Å². The first-order valence-electron chi connectivity index (χ1n) is 14.4. The van der Waals surface area contributed by atoms with Crippen LogP contribution in [0.25, 0.3) is 56.3 Å². The van der Waals surface area contributed by atoms with E-state index in [1.54, 1.807) is 0 Å². The van der Waals surface area contributed by atoms with Gasteiger partial charge in [-0.05, 0) is 144 Å². The second-order valence-electron chi connectivity index (χ2n) is 11.1. The van der Waals surface area contributed by atoms with E-state index < -0.39 is 0 Å². The highest BCUT2D eigenvalue weighted by Crippen LogP contribution is 2.44. The van der Waals surface area contributed by atoms with Gasteiger partial charge in [0.15, 0.2) is 0 Å². The number of allylic oxidation sites excluding steroid dienone is 2. The van der Waals surface area contributed by atoms with Crippen LogP contribution in [0.2, 0.25) is 0 Å². The van der Waals surface area contributed by atoms with Crippen molar-refractivity contribution in [3.63, 3.8) is 0 Å². The van der Waals surface area contributed by atoms with Crippen LogP contribution in [-0.4, -0.2) is 0 Å². The van der Waals surface area contributed by atoms with Crippen molar-refractivity contribution in [1.82, 2.24) is 0 Å². The van der Waals surface area contributed by atoms with Crippen molar-refractivity contribution < 1.29 is 0 Å². The van der Waals surface area contributed by atoms with Gasteiger partial charge in [0.25, 0.3) is 0 Å². The summed E-state index contributed by atoms with van der Waals surface area (Å²) in [5.74, 6) is 0. The van der Waals surface area contributed by atoms with Gasteiger partial charge in [-0.25, -0.2) is 0 Å². The molecule has 5 aromatic rings. The summed E-state index contributed by atoms with van der Waals surface area (Å²) in [5.41, 5.74) is 18.5. The maximum atomic E-state index is 2.34. The SMILES string of the molecule is C/C=C\c1ccc(-c2ccc(-c3c(C)c(C)c(-c4ccc(/C=C\C)c(C)c4)c4ccccc34)c(C)c2C)cc1C. The summed E-state index contributed by atoms with van der Waals surface area (Å²) in [5, 5.41) is 2.63. The molecular weight excluding hydrogens is 480 g/mol. The van der Waals surface area contributed by atoms with Gasteiger partial charge in [0, 0.05) is 0 Å². The van der Waals surface area contributed by atoms with E-state index in [0.717, 1.165) is 0 Å². The highest BCUT2D eigenvalue weighted by atomic mass is 14.2. The fourth-order valence-electron chi connectivity index (χ4n) is 6.23. The summed E-state index contributed by atoms with van der Waals surface area (Å²) in [6.07, 6.45) is 8.58.